The van der Waals surface area contributed by atoms with E-state index in [1.165, 1.54) is 15.6 Å². The summed E-state index contributed by atoms with van der Waals surface area (Å²) in [6.07, 6.45) is 4.03. The van der Waals surface area contributed by atoms with Crippen LogP contribution < -0.4 is 5.32 Å². The predicted molar refractivity (Wildman–Crippen MR) is 76.7 cm³/mol. The number of hydrogen-bond acceptors (Lipinski definition) is 2. The number of halogens is 1. The molecule has 1 aromatic carbocycles. The Labute approximate surface area is 114 Å². The van der Waals surface area contributed by atoms with Gasteiger partial charge >= 0.3 is 0 Å². The molecule has 2 rings (SSSR count). The van der Waals surface area contributed by atoms with E-state index in [1.54, 1.807) is 6.26 Å². The minimum atomic E-state index is -0.744. The third-order valence-electron chi connectivity index (χ3n) is 3.43. The second-order valence-corrected chi connectivity index (χ2v) is 7.27. The van der Waals surface area contributed by atoms with Gasteiger partial charge in [0.25, 0.3) is 0 Å². The van der Waals surface area contributed by atoms with Crippen LogP contribution in [0.3, 0.4) is 0 Å². The smallest absolute Gasteiger partial charge is 0.0441 e. The average molecular weight is 316 g/mol. The first-order valence-corrected chi connectivity index (χ1v) is 8.34. The van der Waals surface area contributed by atoms with Crippen molar-refractivity contribution in [2.24, 2.45) is 0 Å². The molecule has 1 aliphatic rings. The molecule has 0 fully saturated rings. The van der Waals surface area contributed by atoms with Gasteiger partial charge in [-0.15, -0.1) is 0 Å². The van der Waals surface area contributed by atoms with Gasteiger partial charge in [0.15, 0.2) is 0 Å². The van der Waals surface area contributed by atoms with Gasteiger partial charge < -0.3 is 5.32 Å². The largest absolute Gasteiger partial charge is 0.309 e. The Hall–Kier alpha value is -0.190. The van der Waals surface area contributed by atoms with Gasteiger partial charge in [-0.2, -0.15) is 0 Å². The van der Waals surface area contributed by atoms with E-state index in [0.29, 0.717) is 6.04 Å². The fourth-order valence-electron chi connectivity index (χ4n) is 2.25. The van der Waals surface area contributed by atoms with Crippen molar-refractivity contribution in [2.45, 2.75) is 31.1 Å². The third kappa shape index (κ3) is 2.98. The van der Waals surface area contributed by atoms with Gasteiger partial charge in [0.05, 0.1) is 0 Å². The molecule has 0 aliphatic heterocycles. The van der Waals surface area contributed by atoms with Gasteiger partial charge in [0, 0.05) is 39.4 Å². The fourth-order valence-corrected chi connectivity index (χ4v) is 3.16. The summed E-state index contributed by atoms with van der Waals surface area (Å²) in [5, 5.41) is 3.75. The van der Waals surface area contributed by atoms with Crippen LogP contribution in [0.2, 0.25) is 0 Å². The van der Waals surface area contributed by atoms with E-state index >= 15 is 0 Å². The monoisotopic (exact) mass is 315 g/mol. The highest BCUT2D eigenvalue weighted by atomic mass is 79.9. The van der Waals surface area contributed by atoms with Crippen LogP contribution in [0, 0.1) is 0 Å². The molecule has 0 radical (unpaired) electrons. The molecule has 0 spiro atoms. The zero-order chi connectivity index (χ0) is 12.4. The number of fused-ring (bicyclic) bond motifs is 1. The molecular weight excluding hydrogens is 298 g/mol. The van der Waals surface area contributed by atoms with Crippen LogP contribution in [-0.4, -0.2) is 22.3 Å². The van der Waals surface area contributed by atoms with Gasteiger partial charge in [-0.05, 0) is 37.0 Å². The summed E-state index contributed by atoms with van der Waals surface area (Å²) < 4.78 is 12.5. The molecule has 1 N–H and O–H groups in total. The average Bonchev–Trinajstić information content (AvgIpc) is 2.70. The van der Waals surface area contributed by atoms with Crippen molar-refractivity contribution < 1.29 is 4.21 Å². The maximum atomic E-state index is 11.3. The lowest BCUT2D eigenvalue weighted by molar-refractivity contribution is 0.529. The number of hydrogen-bond donors (Lipinski definition) is 1. The Morgan fingerprint density at radius 1 is 1.59 bits per heavy atom. The summed E-state index contributed by atoms with van der Waals surface area (Å²) in [4.78, 5) is 0. The highest BCUT2D eigenvalue weighted by molar-refractivity contribution is 9.10. The van der Waals surface area contributed by atoms with Crippen LogP contribution in [0.4, 0.5) is 0 Å². The van der Waals surface area contributed by atoms with Crippen molar-refractivity contribution in [3.8, 4) is 0 Å². The van der Waals surface area contributed by atoms with Crippen molar-refractivity contribution in [3.05, 3.63) is 33.8 Å². The van der Waals surface area contributed by atoms with Crippen LogP contribution in [0.25, 0.3) is 0 Å². The Kier molecular flexibility index (Phi) is 4.39. The first kappa shape index (κ1) is 13.2. The van der Waals surface area contributed by atoms with Crippen molar-refractivity contribution >= 4 is 26.7 Å². The summed E-state index contributed by atoms with van der Waals surface area (Å²) in [7, 11) is -0.744. The highest BCUT2D eigenvalue weighted by Crippen LogP contribution is 2.35. The summed E-state index contributed by atoms with van der Waals surface area (Å²) in [6, 6.07) is 6.81. The van der Waals surface area contributed by atoms with Crippen LogP contribution in [0.15, 0.2) is 22.7 Å². The van der Waals surface area contributed by atoms with Crippen molar-refractivity contribution in [2.75, 3.05) is 12.8 Å². The lowest BCUT2D eigenvalue weighted by atomic mass is 10.1. The molecule has 0 saturated carbocycles. The third-order valence-corrected chi connectivity index (χ3v) is 5.47. The molecule has 0 heterocycles. The highest BCUT2D eigenvalue weighted by Gasteiger charge is 2.24. The second-order valence-electron chi connectivity index (χ2n) is 4.62. The fraction of sp³-hybridized carbons (Fsp3) is 0.538. The van der Waals surface area contributed by atoms with Gasteiger partial charge in [-0.25, -0.2) is 0 Å². The lowest BCUT2D eigenvalue weighted by Crippen LogP contribution is -2.30. The summed E-state index contributed by atoms with van der Waals surface area (Å²) in [5.74, 6) is 0. The van der Waals surface area contributed by atoms with E-state index in [4.69, 9.17) is 0 Å². The minimum Gasteiger partial charge on any atom is -0.309 e. The van der Waals surface area contributed by atoms with E-state index in [2.05, 4.69) is 39.4 Å². The molecule has 0 saturated heterocycles. The molecule has 1 aliphatic carbocycles. The lowest BCUT2D eigenvalue weighted by Gasteiger charge is -2.16. The van der Waals surface area contributed by atoms with E-state index < -0.39 is 10.8 Å². The maximum Gasteiger partial charge on any atom is 0.0441 e. The minimum absolute atomic E-state index is 0.214. The van der Waals surface area contributed by atoms with Gasteiger partial charge in [0.2, 0.25) is 0 Å². The van der Waals surface area contributed by atoms with E-state index in [0.717, 1.165) is 19.4 Å². The standard InChI is InChI=1S/C13H18BrNOS/c1-9(17(2)16)8-15-13-7-6-10-11(13)4-3-5-12(10)14/h3-5,9,13,15H,6-8H2,1-2H3/t9-,13+,17+/m1/s1. The van der Waals surface area contributed by atoms with Crippen LogP contribution in [0.1, 0.15) is 30.5 Å². The molecule has 1 aromatic rings. The zero-order valence-electron chi connectivity index (χ0n) is 10.2. The quantitative estimate of drug-likeness (QED) is 0.925. The molecule has 0 unspecified atom stereocenters. The van der Waals surface area contributed by atoms with Gasteiger partial charge in [0.1, 0.15) is 0 Å². The molecule has 0 aromatic heterocycles. The summed E-state index contributed by atoms with van der Waals surface area (Å²) in [5.41, 5.74) is 2.82. The molecule has 94 valence electrons. The second kappa shape index (κ2) is 5.63. The van der Waals surface area contributed by atoms with E-state index in [1.807, 2.05) is 6.92 Å². The van der Waals surface area contributed by atoms with Crippen molar-refractivity contribution in [3.63, 3.8) is 0 Å². The number of rotatable bonds is 4. The first-order chi connectivity index (χ1) is 8.09. The van der Waals surface area contributed by atoms with E-state index in [-0.39, 0.29) is 5.25 Å². The van der Waals surface area contributed by atoms with Crippen LogP contribution >= 0.6 is 15.9 Å². The van der Waals surface area contributed by atoms with Gasteiger partial charge in [-0.3, -0.25) is 4.21 Å². The molecule has 0 bridgehead atoms. The SMILES string of the molecule is C[C@H](CN[C@H]1CCc2c(Br)cccc21)[S@](C)=O. The topological polar surface area (TPSA) is 29.1 Å². The zero-order valence-corrected chi connectivity index (χ0v) is 12.6. The van der Waals surface area contributed by atoms with Crippen LogP contribution in [-0.2, 0) is 17.2 Å². The molecule has 4 heteroatoms. The molecule has 0 amide bonds. The predicted octanol–water partition coefficient (Wildman–Crippen LogP) is 2.79. The molecular formula is C13H18BrNOS. The van der Waals surface area contributed by atoms with Crippen molar-refractivity contribution in [1.82, 2.24) is 5.32 Å². The Balaban J connectivity index is 2.03. The molecule has 17 heavy (non-hydrogen) atoms. The Bertz CT molecular complexity index is 435. The Morgan fingerprint density at radius 2 is 2.35 bits per heavy atom. The van der Waals surface area contributed by atoms with Crippen LogP contribution in [0.5, 0.6) is 0 Å². The number of nitrogens with one attached hydrogen (secondary N) is 1. The maximum absolute atomic E-state index is 11.3. The first-order valence-electron chi connectivity index (χ1n) is 5.92. The summed E-state index contributed by atoms with van der Waals surface area (Å²) in [6.45, 7) is 2.85. The molecule has 3 atom stereocenters. The van der Waals surface area contributed by atoms with E-state index in [9.17, 15) is 4.21 Å². The summed E-state index contributed by atoms with van der Waals surface area (Å²) >= 11 is 3.60. The number of benzene rings is 1. The Morgan fingerprint density at radius 3 is 3.06 bits per heavy atom. The van der Waals surface area contributed by atoms with Gasteiger partial charge in [-0.1, -0.05) is 28.1 Å². The van der Waals surface area contributed by atoms with Crippen molar-refractivity contribution in [1.29, 1.82) is 0 Å². The normalized spacial score (nSPS) is 22.2. The molecule has 2 nitrogen and oxygen atoms in total.